The van der Waals surface area contributed by atoms with Gasteiger partial charge in [0, 0.05) is 30.3 Å². The maximum absolute atomic E-state index is 13.4. The number of amides is 2. The van der Waals surface area contributed by atoms with Crippen LogP contribution in [0.3, 0.4) is 0 Å². The summed E-state index contributed by atoms with van der Waals surface area (Å²) in [5, 5.41) is 14.7. The molecule has 3 N–H and O–H groups in total. The molecule has 10 heteroatoms. The Morgan fingerprint density at radius 1 is 1.41 bits per heavy atom. The number of ether oxygens (including phenoxy) is 1. The van der Waals surface area contributed by atoms with Crippen LogP contribution in [0.5, 0.6) is 5.75 Å². The fourth-order valence-corrected chi connectivity index (χ4v) is 3.08. The molecule has 1 atom stereocenters. The number of hydrogen-bond acceptors (Lipinski definition) is 6. The van der Waals surface area contributed by atoms with E-state index in [1.54, 1.807) is 0 Å². The molecule has 1 aromatic carbocycles. The van der Waals surface area contributed by atoms with Gasteiger partial charge in [-0.25, -0.2) is 9.37 Å². The molecule has 1 aromatic heterocycles. The Morgan fingerprint density at radius 2 is 2.22 bits per heavy atom. The molecule has 0 saturated heterocycles. The van der Waals surface area contributed by atoms with Gasteiger partial charge in [-0.1, -0.05) is 24.3 Å². The predicted molar refractivity (Wildman–Crippen MR) is 115 cm³/mol. The van der Waals surface area contributed by atoms with Gasteiger partial charge in [0.05, 0.1) is 17.3 Å². The first-order valence-electron chi connectivity index (χ1n) is 9.99. The molecule has 8 nitrogen and oxygen atoms in total. The van der Waals surface area contributed by atoms with Crippen molar-refractivity contribution in [2.75, 3.05) is 13.2 Å². The van der Waals surface area contributed by atoms with Crippen molar-refractivity contribution in [1.29, 1.82) is 0 Å². The Kier molecular flexibility index (Phi) is 8.02. The standard InChI is InChI=1S/C22H23ClFN3O5/c1-13(27-20(29)12-31-16-6-7-17(23)18(24)10-16)8-9-25-21(30)19-11-26-22(32-19)14-2-4-15(28)5-3-14/h2,6-7,10-11,15,28H,1,3-5,8-9,12H2,(H,25,30)(H,27,29). The number of rotatable bonds is 9. The Labute approximate surface area is 189 Å². The highest BCUT2D eigenvalue weighted by Gasteiger charge is 2.19. The largest absolute Gasteiger partial charge is 0.484 e. The minimum atomic E-state index is -0.641. The predicted octanol–water partition coefficient (Wildman–Crippen LogP) is 3.22. The van der Waals surface area contributed by atoms with Crippen LogP contribution in [0.1, 0.15) is 42.1 Å². The summed E-state index contributed by atoms with van der Waals surface area (Å²) >= 11 is 5.59. The molecule has 1 aliphatic carbocycles. The van der Waals surface area contributed by atoms with Gasteiger partial charge in [-0.2, -0.15) is 0 Å². The van der Waals surface area contributed by atoms with Gasteiger partial charge in [-0.15, -0.1) is 0 Å². The lowest BCUT2D eigenvalue weighted by atomic mass is 9.97. The van der Waals surface area contributed by atoms with Gasteiger partial charge in [0.2, 0.25) is 11.7 Å². The lowest BCUT2D eigenvalue weighted by Crippen LogP contribution is -2.30. The van der Waals surface area contributed by atoms with E-state index in [-0.39, 0.29) is 42.2 Å². The van der Waals surface area contributed by atoms with Crippen LogP contribution in [0.25, 0.3) is 5.57 Å². The number of benzene rings is 1. The van der Waals surface area contributed by atoms with Crippen molar-refractivity contribution in [3.63, 3.8) is 0 Å². The lowest BCUT2D eigenvalue weighted by molar-refractivity contribution is -0.122. The average Bonchev–Trinajstić information content (AvgIpc) is 3.25. The molecule has 0 saturated carbocycles. The number of hydrogen-bond donors (Lipinski definition) is 3. The van der Waals surface area contributed by atoms with Gasteiger partial charge in [0.1, 0.15) is 11.6 Å². The Hall–Kier alpha value is -3.17. The molecule has 0 fully saturated rings. The van der Waals surface area contributed by atoms with E-state index >= 15 is 0 Å². The number of aliphatic hydroxyl groups is 1. The van der Waals surface area contributed by atoms with Crippen LogP contribution in [0.15, 0.2) is 47.2 Å². The van der Waals surface area contributed by atoms with Crippen LogP contribution in [0.2, 0.25) is 5.02 Å². The van der Waals surface area contributed by atoms with Crippen LogP contribution in [0, 0.1) is 5.82 Å². The minimum Gasteiger partial charge on any atom is -0.484 e. The van der Waals surface area contributed by atoms with Crippen molar-refractivity contribution < 1.29 is 28.2 Å². The van der Waals surface area contributed by atoms with Crippen LogP contribution in [0.4, 0.5) is 4.39 Å². The first-order chi connectivity index (χ1) is 15.3. The van der Waals surface area contributed by atoms with Gasteiger partial charge < -0.3 is 24.9 Å². The third-order valence-electron chi connectivity index (χ3n) is 4.68. The van der Waals surface area contributed by atoms with E-state index < -0.39 is 17.6 Å². The summed E-state index contributed by atoms with van der Waals surface area (Å²) in [6.45, 7) is 3.62. The maximum atomic E-state index is 13.4. The van der Waals surface area contributed by atoms with Gasteiger partial charge >= 0.3 is 0 Å². The summed E-state index contributed by atoms with van der Waals surface area (Å²) in [7, 11) is 0. The number of aliphatic hydroxyl groups excluding tert-OH is 1. The van der Waals surface area contributed by atoms with Crippen LogP contribution >= 0.6 is 11.6 Å². The van der Waals surface area contributed by atoms with Crippen molar-refractivity contribution in [3.05, 3.63) is 65.2 Å². The van der Waals surface area contributed by atoms with Crippen LogP contribution in [-0.4, -0.2) is 41.2 Å². The molecule has 2 aromatic rings. The molecule has 0 bridgehead atoms. The molecule has 1 unspecified atom stereocenters. The normalized spacial score (nSPS) is 15.6. The number of oxazole rings is 1. The zero-order valence-corrected chi connectivity index (χ0v) is 18.0. The van der Waals surface area contributed by atoms with E-state index in [2.05, 4.69) is 22.2 Å². The fraction of sp³-hybridized carbons (Fsp3) is 0.318. The number of halogens is 2. The fourth-order valence-electron chi connectivity index (χ4n) is 2.97. The van der Waals surface area contributed by atoms with Gasteiger partial charge in [-0.3, -0.25) is 9.59 Å². The Bertz CT molecular complexity index is 1040. The molecule has 3 rings (SSSR count). The average molecular weight is 464 g/mol. The monoisotopic (exact) mass is 463 g/mol. The number of carbonyl (C=O) groups excluding carboxylic acids is 2. The number of nitrogens with zero attached hydrogens (tertiary/aromatic N) is 1. The number of allylic oxidation sites excluding steroid dienone is 1. The van der Waals surface area contributed by atoms with E-state index in [0.717, 1.165) is 11.6 Å². The molecule has 170 valence electrons. The second kappa shape index (κ2) is 10.9. The zero-order valence-electron chi connectivity index (χ0n) is 17.2. The highest BCUT2D eigenvalue weighted by atomic mass is 35.5. The van der Waals surface area contributed by atoms with Crippen LogP contribution in [-0.2, 0) is 4.79 Å². The second-order valence-electron chi connectivity index (χ2n) is 7.21. The molecule has 0 radical (unpaired) electrons. The molecule has 0 aliphatic heterocycles. The van der Waals surface area contributed by atoms with Crippen molar-refractivity contribution in [2.45, 2.75) is 31.8 Å². The molecule has 0 spiro atoms. The SMILES string of the molecule is C=C(CCNC(=O)c1cnc(C2=CCC(O)CC2)o1)NC(=O)COc1ccc(Cl)c(F)c1. The summed E-state index contributed by atoms with van der Waals surface area (Å²) in [4.78, 5) is 28.3. The summed E-state index contributed by atoms with van der Waals surface area (Å²) in [5.41, 5.74) is 1.25. The summed E-state index contributed by atoms with van der Waals surface area (Å²) in [6, 6.07) is 3.87. The summed E-state index contributed by atoms with van der Waals surface area (Å²) in [6.07, 6.45) is 4.96. The van der Waals surface area contributed by atoms with Gasteiger partial charge in [0.25, 0.3) is 11.8 Å². The third kappa shape index (κ3) is 6.66. The molecule has 1 aliphatic rings. The number of aromatic nitrogens is 1. The van der Waals surface area contributed by atoms with E-state index in [9.17, 15) is 19.1 Å². The van der Waals surface area contributed by atoms with Crippen molar-refractivity contribution in [2.24, 2.45) is 0 Å². The highest BCUT2D eigenvalue weighted by Crippen LogP contribution is 2.26. The Morgan fingerprint density at radius 3 is 2.94 bits per heavy atom. The lowest BCUT2D eigenvalue weighted by Gasteiger charge is -2.14. The maximum Gasteiger partial charge on any atom is 0.288 e. The van der Waals surface area contributed by atoms with E-state index in [0.29, 0.717) is 30.9 Å². The first kappa shape index (κ1) is 23.5. The summed E-state index contributed by atoms with van der Waals surface area (Å²) in [5.74, 6) is -0.927. The Balaban J connectivity index is 1.37. The van der Waals surface area contributed by atoms with E-state index in [1.807, 2.05) is 6.08 Å². The first-order valence-corrected chi connectivity index (χ1v) is 10.4. The molecular formula is C22H23ClFN3O5. The number of nitrogens with one attached hydrogen (secondary N) is 2. The van der Waals surface area contributed by atoms with E-state index in [4.69, 9.17) is 20.8 Å². The smallest absolute Gasteiger partial charge is 0.288 e. The quantitative estimate of drug-likeness (QED) is 0.526. The molecule has 2 amide bonds. The zero-order chi connectivity index (χ0) is 23.1. The van der Waals surface area contributed by atoms with Crippen LogP contribution < -0.4 is 15.4 Å². The van der Waals surface area contributed by atoms with E-state index in [1.165, 1.54) is 18.3 Å². The van der Waals surface area contributed by atoms with Crippen molar-refractivity contribution >= 4 is 29.0 Å². The molecular weight excluding hydrogens is 441 g/mol. The topological polar surface area (TPSA) is 114 Å². The molecule has 32 heavy (non-hydrogen) atoms. The van der Waals surface area contributed by atoms with Crippen molar-refractivity contribution in [3.8, 4) is 5.75 Å². The minimum absolute atomic E-state index is 0.0373. The number of carbonyl (C=O) groups is 2. The van der Waals surface area contributed by atoms with Crippen molar-refractivity contribution in [1.82, 2.24) is 15.6 Å². The summed E-state index contributed by atoms with van der Waals surface area (Å²) < 4.78 is 24.1. The van der Waals surface area contributed by atoms with Gasteiger partial charge in [0.15, 0.2) is 6.61 Å². The third-order valence-corrected chi connectivity index (χ3v) is 4.98. The second-order valence-corrected chi connectivity index (χ2v) is 7.62. The van der Waals surface area contributed by atoms with Gasteiger partial charge in [-0.05, 0) is 31.4 Å². The highest BCUT2D eigenvalue weighted by molar-refractivity contribution is 6.30. The molecule has 1 heterocycles.